The number of aliphatic hydroxyl groups is 1. The molecule has 0 spiro atoms. The Morgan fingerprint density at radius 1 is 1.06 bits per heavy atom. The SMILES string of the molecule is O=S1(=O)CCCC(NCC2CCCCC2CO)C1. The van der Waals surface area contributed by atoms with Crippen molar-refractivity contribution < 1.29 is 13.5 Å². The lowest BCUT2D eigenvalue weighted by atomic mass is 9.79. The minimum Gasteiger partial charge on any atom is -0.396 e. The molecule has 1 aliphatic heterocycles. The Labute approximate surface area is 110 Å². The largest absolute Gasteiger partial charge is 0.396 e. The first-order valence-corrected chi connectivity index (χ1v) is 8.97. The molecule has 0 amide bonds. The standard InChI is InChI=1S/C13H25NO3S/c15-9-12-5-2-1-4-11(12)8-14-13-6-3-7-18(16,17)10-13/h11-15H,1-10H2. The maximum absolute atomic E-state index is 11.6. The van der Waals surface area contributed by atoms with Crippen LogP contribution < -0.4 is 5.32 Å². The highest BCUT2D eigenvalue weighted by Crippen LogP contribution is 2.29. The second kappa shape index (κ2) is 6.35. The maximum Gasteiger partial charge on any atom is 0.151 e. The van der Waals surface area contributed by atoms with Crippen molar-refractivity contribution in [3.05, 3.63) is 0 Å². The van der Waals surface area contributed by atoms with E-state index in [1.165, 1.54) is 12.8 Å². The molecule has 1 saturated carbocycles. The molecule has 1 saturated heterocycles. The van der Waals surface area contributed by atoms with Crippen LogP contribution >= 0.6 is 0 Å². The number of nitrogens with one attached hydrogen (secondary N) is 1. The van der Waals surface area contributed by atoms with E-state index >= 15 is 0 Å². The fraction of sp³-hybridized carbons (Fsp3) is 1.00. The molecule has 0 aromatic rings. The maximum atomic E-state index is 11.6. The highest BCUT2D eigenvalue weighted by molar-refractivity contribution is 7.91. The van der Waals surface area contributed by atoms with Gasteiger partial charge in [0, 0.05) is 12.6 Å². The van der Waals surface area contributed by atoms with Crippen LogP contribution in [0.4, 0.5) is 0 Å². The summed E-state index contributed by atoms with van der Waals surface area (Å²) in [5, 5.41) is 12.8. The molecule has 4 nitrogen and oxygen atoms in total. The van der Waals surface area contributed by atoms with E-state index in [1.807, 2.05) is 0 Å². The number of aliphatic hydroxyl groups excluding tert-OH is 1. The van der Waals surface area contributed by atoms with Crippen LogP contribution in [0, 0.1) is 11.8 Å². The normalized spacial score (nSPS) is 36.4. The Balaban J connectivity index is 1.79. The van der Waals surface area contributed by atoms with Gasteiger partial charge >= 0.3 is 0 Å². The first-order valence-electron chi connectivity index (χ1n) is 7.15. The van der Waals surface area contributed by atoms with Crippen molar-refractivity contribution in [1.82, 2.24) is 5.32 Å². The fourth-order valence-corrected chi connectivity index (χ4v) is 4.97. The van der Waals surface area contributed by atoms with Crippen LogP contribution in [0.1, 0.15) is 38.5 Å². The van der Waals surface area contributed by atoms with E-state index in [9.17, 15) is 13.5 Å². The van der Waals surface area contributed by atoms with Crippen LogP contribution in [-0.4, -0.2) is 44.2 Å². The summed E-state index contributed by atoms with van der Waals surface area (Å²) in [6.45, 7) is 1.14. The molecule has 0 aromatic heterocycles. The van der Waals surface area contributed by atoms with Gasteiger partial charge in [0.25, 0.3) is 0 Å². The molecule has 2 fully saturated rings. The first kappa shape index (κ1) is 14.3. The number of rotatable bonds is 4. The number of hydrogen-bond donors (Lipinski definition) is 2. The van der Waals surface area contributed by atoms with Crippen molar-refractivity contribution in [2.45, 2.75) is 44.6 Å². The molecule has 2 rings (SSSR count). The van der Waals surface area contributed by atoms with Crippen LogP contribution in [0.2, 0.25) is 0 Å². The van der Waals surface area contributed by atoms with Gasteiger partial charge in [-0.05, 0) is 44.1 Å². The van der Waals surface area contributed by atoms with Crippen molar-refractivity contribution in [1.29, 1.82) is 0 Å². The molecule has 3 unspecified atom stereocenters. The van der Waals surface area contributed by atoms with Gasteiger partial charge < -0.3 is 10.4 Å². The highest BCUT2D eigenvalue weighted by Gasteiger charge is 2.28. The zero-order valence-electron chi connectivity index (χ0n) is 11.0. The number of sulfone groups is 1. The van der Waals surface area contributed by atoms with E-state index in [0.717, 1.165) is 32.2 Å². The summed E-state index contributed by atoms with van der Waals surface area (Å²) in [4.78, 5) is 0. The molecular formula is C13H25NO3S. The molecule has 2 aliphatic rings. The van der Waals surface area contributed by atoms with E-state index in [1.54, 1.807) is 0 Å². The third kappa shape index (κ3) is 3.93. The van der Waals surface area contributed by atoms with Crippen LogP contribution in [0.3, 0.4) is 0 Å². The van der Waals surface area contributed by atoms with Crippen molar-refractivity contribution >= 4 is 9.84 Å². The molecule has 106 valence electrons. The van der Waals surface area contributed by atoms with E-state index in [0.29, 0.717) is 23.3 Å². The smallest absolute Gasteiger partial charge is 0.151 e. The van der Waals surface area contributed by atoms with E-state index < -0.39 is 9.84 Å². The Hall–Kier alpha value is -0.130. The molecule has 18 heavy (non-hydrogen) atoms. The van der Waals surface area contributed by atoms with Crippen molar-refractivity contribution in [3.8, 4) is 0 Å². The lowest BCUT2D eigenvalue weighted by Crippen LogP contribution is -2.43. The zero-order valence-corrected chi connectivity index (χ0v) is 11.8. The topological polar surface area (TPSA) is 66.4 Å². The third-order valence-corrected chi connectivity index (χ3v) is 6.25. The number of hydrogen-bond acceptors (Lipinski definition) is 4. The van der Waals surface area contributed by atoms with Crippen molar-refractivity contribution in [2.24, 2.45) is 11.8 Å². The summed E-state index contributed by atoms with van der Waals surface area (Å²) in [5.41, 5.74) is 0. The molecule has 5 heteroatoms. The van der Waals surface area contributed by atoms with Gasteiger partial charge in [-0.3, -0.25) is 0 Å². The Bertz CT molecular complexity index is 355. The summed E-state index contributed by atoms with van der Waals surface area (Å²) >= 11 is 0. The Morgan fingerprint density at radius 2 is 1.78 bits per heavy atom. The quantitative estimate of drug-likeness (QED) is 0.802. The van der Waals surface area contributed by atoms with E-state index in [2.05, 4.69) is 5.32 Å². The minimum atomic E-state index is -2.82. The molecule has 0 aromatic carbocycles. The van der Waals surface area contributed by atoms with Gasteiger partial charge in [0.2, 0.25) is 0 Å². The predicted molar refractivity (Wildman–Crippen MR) is 72.2 cm³/mol. The van der Waals surface area contributed by atoms with Gasteiger partial charge in [0.15, 0.2) is 9.84 Å². The molecule has 0 radical (unpaired) electrons. The molecule has 1 aliphatic carbocycles. The zero-order chi connectivity index (χ0) is 13.0. The van der Waals surface area contributed by atoms with Gasteiger partial charge in [-0.1, -0.05) is 12.8 Å². The minimum absolute atomic E-state index is 0.130. The summed E-state index contributed by atoms with van der Waals surface area (Å²) in [5.74, 6) is 1.58. The van der Waals surface area contributed by atoms with Crippen LogP contribution in [-0.2, 0) is 9.84 Å². The van der Waals surface area contributed by atoms with Crippen LogP contribution in [0.15, 0.2) is 0 Å². The summed E-state index contributed by atoms with van der Waals surface area (Å²) in [7, 11) is -2.82. The molecule has 2 N–H and O–H groups in total. The molecule has 3 atom stereocenters. The van der Waals surface area contributed by atoms with Crippen LogP contribution in [0.25, 0.3) is 0 Å². The molecular weight excluding hydrogens is 250 g/mol. The monoisotopic (exact) mass is 275 g/mol. The van der Waals surface area contributed by atoms with Gasteiger partial charge in [-0.2, -0.15) is 0 Å². The Morgan fingerprint density at radius 3 is 2.44 bits per heavy atom. The molecule has 0 bridgehead atoms. The third-order valence-electron chi connectivity index (χ3n) is 4.43. The second-order valence-corrected chi connectivity index (χ2v) is 8.08. The van der Waals surface area contributed by atoms with Gasteiger partial charge in [-0.25, -0.2) is 8.42 Å². The predicted octanol–water partition coefficient (Wildman–Crippen LogP) is 0.952. The van der Waals surface area contributed by atoms with Crippen molar-refractivity contribution in [3.63, 3.8) is 0 Å². The van der Waals surface area contributed by atoms with Crippen molar-refractivity contribution in [2.75, 3.05) is 24.7 Å². The molecule has 1 heterocycles. The average Bonchev–Trinajstić information content (AvgIpc) is 2.35. The average molecular weight is 275 g/mol. The van der Waals surface area contributed by atoms with Crippen LogP contribution in [0.5, 0.6) is 0 Å². The lowest BCUT2D eigenvalue weighted by Gasteiger charge is -2.32. The Kier molecular flexibility index (Phi) is 5.04. The lowest BCUT2D eigenvalue weighted by molar-refractivity contribution is 0.131. The summed E-state index contributed by atoms with van der Waals surface area (Å²) in [6.07, 6.45) is 6.50. The van der Waals surface area contributed by atoms with Gasteiger partial charge in [0.1, 0.15) is 0 Å². The van der Waals surface area contributed by atoms with Gasteiger partial charge in [0.05, 0.1) is 11.5 Å². The van der Waals surface area contributed by atoms with E-state index in [4.69, 9.17) is 0 Å². The highest BCUT2D eigenvalue weighted by atomic mass is 32.2. The first-order chi connectivity index (χ1) is 8.61. The summed E-state index contributed by atoms with van der Waals surface area (Å²) in [6, 6.07) is 0.130. The summed E-state index contributed by atoms with van der Waals surface area (Å²) < 4.78 is 23.1. The van der Waals surface area contributed by atoms with E-state index in [-0.39, 0.29) is 12.6 Å². The van der Waals surface area contributed by atoms with Gasteiger partial charge in [-0.15, -0.1) is 0 Å². The second-order valence-electron chi connectivity index (χ2n) is 5.85. The fourth-order valence-electron chi connectivity index (χ4n) is 3.30.